The van der Waals surface area contributed by atoms with E-state index in [0.29, 0.717) is 30.7 Å². The predicted octanol–water partition coefficient (Wildman–Crippen LogP) is 3.04. The Bertz CT molecular complexity index is 1140. The molecule has 2 saturated heterocycles. The number of hydrogen-bond donors (Lipinski definition) is 1. The molecule has 0 amide bonds. The lowest BCUT2D eigenvalue weighted by molar-refractivity contribution is -0.0660. The van der Waals surface area contributed by atoms with Gasteiger partial charge in [0.2, 0.25) is 0 Å². The zero-order valence-corrected chi connectivity index (χ0v) is 19.8. The number of nitrogen functional groups attached to an aromatic ring is 1. The van der Waals surface area contributed by atoms with Gasteiger partial charge in [-0.15, -0.1) is 0 Å². The minimum absolute atomic E-state index is 0.478. The Morgan fingerprint density at radius 1 is 1.00 bits per heavy atom. The number of hydrogen-bond acceptors (Lipinski definition) is 8. The molecule has 2 N–H and O–H groups in total. The highest BCUT2D eigenvalue weighted by Gasteiger charge is 2.29. The first-order valence-electron chi connectivity index (χ1n) is 11.7. The Balaban J connectivity index is 1.39. The molecule has 0 bridgehead atoms. The van der Waals surface area contributed by atoms with Crippen LogP contribution in [0.15, 0.2) is 42.5 Å². The molecule has 0 atom stereocenters. The average Bonchev–Trinajstić information content (AvgIpc) is 2.83. The molecule has 1 aromatic heterocycles. The van der Waals surface area contributed by atoms with Crippen molar-refractivity contribution in [2.24, 2.45) is 0 Å². The van der Waals surface area contributed by atoms with Crippen molar-refractivity contribution in [2.45, 2.75) is 6.04 Å². The lowest BCUT2D eigenvalue weighted by atomic mass is 10.1. The highest BCUT2D eigenvalue weighted by atomic mass is 16.5. The van der Waals surface area contributed by atoms with Gasteiger partial charge in [-0.25, -0.2) is 4.98 Å². The fourth-order valence-corrected chi connectivity index (χ4v) is 4.57. The number of pyridine rings is 1. The van der Waals surface area contributed by atoms with Crippen LogP contribution < -0.4 is 20.1 Å². The SMILES string of the molecule is COCCOc1ccc(-c2cc(N)c3ccc(N4CCN(C5COC5)CC4)cc3n2)c(OC)c1. The number of anilines is 2. The van der Waals surface area contributed by atoms with Crippen molar-refractivity contribution in [2.75, 3.05) is 77.5 Å². The second-order valence-electron chi connectivity index (χ2n) is 8.72. The molecule has 3 heterocycles. The minimum Gasteiger partial charge on any atom is -0.496 e. The van der Waals surface area contributed by atoms with E-state index in [0.717, 1.165) is 67.3 Å². The third-order valence-corrected chi connectivity index (χ3v) is 6.65. The Kier molecular flexibility index (Phi) is 6.71. The number of rotatable bonds is 8. The van der Waals surface area contributed by atoms with Crippen molar-refractivity contribution in [3.8, 4) is 22.8 Å². The maximum atomic E-state index is 6.45. The quantitative estimate of drug-likeness (QED) is 0.510. The molecule has 180 valence electrons. The second-order valence-corrected chi connectivity index (χ2v) is 8.72. The van der Waals surface area contributed by atoms with E-state index in [1.165, 1.54) is 5.69 Å². The van der Waals surface area contributed by atoms with E-state index in [2.05, 4.69) is 28.0 Å². The summed E-state index contributed by atoms with van der Waals surface area (Å²) >= 11 is 0. The summed E-state index contributed by atoms with van der Waals surface area (Å²) < 4.78 is 21.8. The van der Waals surface area contributed by atoms with Gasteiger partial charge in [0.1, 0.15) is 18.1 Å². The van der Waals surface area contributed by atoms with Crippen LogP contribution in [0.3, 0.4) is 0 Å². The zero-order chi connectivity index (χ0) is 23.5. The summed E-state index contributed by atoms with van der Waals surface area (Å²) in [6.07, 6.45) is 0. The molecule has 2 aliphatic rings. The van der Waals surface area contributed by atoms with Gasteiger partial charge in [-0.1, -0.05) is 0 Å². The summed E-state index contributed by atoms with van der Waals surface area (Å²) in [5.74, 6) is 1.41. The molecule has 0 saturated carbocycles. The molecule has 0 aliphatic carbocycles. The predicted molar refractivity (Wildman–Crippen MR) is 134 cm³/mol. The van der Waals surface area contributed by atoms with Crippen molar-refractivity contribution < 1.29 is 18.9 Å². The molecule has 2 aliphatic heterocycles. The summed E-state index contributed by atoms with van der Waals surface area (Å²) in [7, 11) is 3.30. The van der Waals surface area contributed by atoms with Crippen LogP contribution in [0.5, 0.6) is 11.5 Å². The lowest BCUT2D eigenvalue weighted by Crippen LogP contribution is -2.56. The van der Waals surface area contributed by atoms with Crippen LogP contribution in [0.2, 0.25) is 0 Å². The maximum Gasteiger partial charge on any atom is 0.131 e. The molecular formula is C26H32N4O4. The first-order valence-corrected chi connectivity index (χ1v) is 11.7. The Morgan fingerprint density at radius 3 is 2.53 bits per heavy atom. The first kappa shape index (κ1) is 22.7. The zero-order valence-electron chi connectivity index (χ0n) is 19.8. The van der Waals surface area contributed by atoms with E-state index in [-0.39, 0.29) is 0 Å². The standard InChI is InChI=1S/C26H32N4O4/c1-31-11-12-34-20-4-6-22(26(14-20)32-2)25-15-23(27)21-5-3-18(13-24(21)28-25)29-7-9-30(10-8-29)19-16-33-17-19/h3-6,13-15,19H,7-12,16-17H2,1-2H3,(H2,27,28). The number of fused-ring (bicyclic) bond motifs is 1. The monoisotopic (exact) mass is 464 g/mol. The van der Waals surface area contributed by atoms with E-state index in [1.54, 1.807) is 14.2 Å². The fraction of sp³-hybridized carbons (Fsp3) is 0.423. The van der Waals surface area contributed by atoms with Gasteiger partial charge in [0.05, 0.1) is 44.2 Å². The van der Waals surface area contributed by atoms with Crippen LogP contribution in [0.4, 0.5) is 11.4 Å². The summed E-state index contributed by atoms with van der Waals surface area (Å²) in [6, 6.07) is 14.6. The third-order valence-electron chi connectivity index (χ3n) is 6.65. The number of benzene rings is 2. The van der Waals surface area contributed by atoms with Gasteiger partial charge in [0, 0.05) is 61.7 Å². The van der Waals surface area contributed by atoms with Crippen LogP contribution in [0.25, 0.3) is 22.2 Å². The fourth-order valence-electron chi connectivity index (χ4n) is 4.57. The topological polar surface area (TPSA) is 82.3 Å². The van der Waals surface area contributed by atoms with Gasteiger partial charge in [-0.3, -0.25) is 4.90 Å². The van der Waals surface area contributed by atoms with E-state index in [4.69, 9.17) is 29.7 Å². The summed E-state index contributed by atoms with van der Waals surface area (Å²) in [4.78, 5) is 9.92. The van der Waals surface area contributed by atoms with Crippen molar-refractivity contribution in [1.82, 2.24) is 9.88 Å². The average molecular weight is 465 g/mol. The van der Waals surface area contributed by atoms with E-state index in [9.17, 15) is 0 Å². The third kappa shape index (κ3) is 4.61. The van der Waals surface area contributed by atoms with Crippen molar-refractivity contribution in [3.63, 3.8) is 0 Å². The van der Waals surface area contributed by atoms with E-state index >= 15 is 0 Å². The van der Waals surface area contributed by atoms with Crippen LogP contribution >= 0.6 is 0 Å². The molecule has 0 radical (unpaired) electrons. The smallest absolute Gasteiger partial charge is 0.131 e. The molecular weight excluding hydrogens is 432 g/mol. The number of aromatic nitrogens is 1. The highest BCUT2D eigenvalue weighted by molar-refractivity contribution is 5.95. The number of ether oxygens (including phenoxy) is 4. The molecule has 3 aromatic rings. The minimum atomic E-state index is 0.478. The Hall–Kier alpha value is -3.07. The van der Waals surface area contributed by atoms with Crippen LogP contribution in [-0.2, 0) is 9.47 Å². The largest absolute Gasteiger partial charge is 0.496 e. The van der Waals surface area contributed by atoms with Crippen LogP contribution in [0, 0.1) is 0 Å². The van der Waals surface area contributed by atoms with Gasteiger partial charge in [-0.2, -0.15) is 0 Å². The van der Waals surface area contributed by atoms with Crippen molar-refractivity contribution in [1.29, 1.82) is 0 Å². The van der Waals surface area contributed by atoms with E-state index < -0.39 is 0 Å². The summed E-state index contributed by atoms with van der Waals surface area (Å²) in [5, 5.41) is 0.955. The maximum absolute atomic E-state index is 6.45. The second kappa shape index (κ2) is 10.0. The lowest BCUT2D eigenvalue weighted by Gasteiger charge is -2.43. The Morgan fingerprint density at radius 2 is 1.82 bits per heavy atom. The Labute approximate surface area is 200 Å². The summed E-state index contributed by atoms with van der Waals surface area (Å²) in [6.45, 7) is 6.84. The first-order chi connectivity index (χ1) is 16.7. The van der Waals surface area contributed by atoms with Crippen LogP contribution in [-0.4, -0.2) is 82.8 Å². The molecule has 2 aromatic carbocycles. The molecule has 0 spiro atoms. The number of nitrogens with two attached hydrogens (primary N) is 1. The number of piperazine rings is 1. The van der Waals surface area contributed by atoms with Gasteiger partial charge in [0.15, 0.2) is 0 Å². The molecule has 8 nitrogen and oxygen atoms in total. The van der Waals surface area contributed by atoms with Gasteiger partial charge < -0.3 is 29.6 Å². The molecule has 5 rings (SSSR count). The molecule has 2 fully saturated rings. The van der Waals surface area contributed by atoms with Crippen molar-refractivity contribution in [3.05, 3.63) is 42.5 Å². The van der Waals surface area contributed by atoms with Gasteiger partial charge in [0.25, 0.3) is 0 Å². The summed E-state index contributed by atoms with van der Waals surface area (Å²) in [5.41, 5.74) is 10.8. The van der Waals surface area contributed by atoms with Crippen molar-refractivity contribution >= 4 is 22.3 Å². The highest BCUT2D eigenvalue weighted by Crippen LogP contribution is 2.36. The number of methoxy groups -OCH3 is 2. The molecule has 0 unspecified atom stereocenters. The normalized spacial score (nSPS) is 17.1. The van der Waals surface area contributed by atoms with Crippen LogP contribution in [0.1, 0.15) is 0 Å². The van der Waals surface area contributed by atoms with E-state index in [1.807, 2.05) is 24.3 Å². The van der Waals surface area contributed by atoms with Gasteiger partial charge in [-0.05, 0) is 36.4 Å². The van der Waals surface area contributed by atoms with Gasteiger partial charge >= 0.3 is 0 Å². The molecule has 34 heavy (non-hydrogen) atoms. The molecule has 8 heteroatoms. The number of nitrogens with zero attached hydrogens (tertiary/aromatic N) is 3.